The highest BCUT2D eigenvalue weighted by Gasteiger charge is 2.05. The fourth-order valence-corrected chi connectivity index (χ4v) is 1.27. The fourth-order valence-electron chi connectivity index (χ4n) is 1.27. The Balaban J connectivity index is 2.42. The molecule has 0 aliphatic carbocycles. The molecule has 0 aliphatic heterocycles. The molecule has 0 aliphatic rings. The van der Waals surface area contributed by atoms with E-state index in [1.54, 1.807) is 12.3 Å². The van der Waals surface area contributed by atoms with Crippen LogP contribution in [-0.2, 0) is 6.61 Å². The van der Waals surface area contributed by atoms with Crippen LogP contribution in [0.3, 0.4) is 0 Å². The molecule has 0 fully saturated rings. The van der Waals surface area contributed by atoms with Crippen LogP contribution in [0.1, 0.15) is 16.8 Å². The van der Waals surface area contributed by atoms with E-state index in [2.05, 4.69) is 15.3 Å². The van der Waals surface area contributed by atoms with E-state index in [1.165, 1.54) is 10.9 Å². The Morgan fingerprint density at radius 2 is 2.38 bits per heavy atom. The van der Waals surface area contributed by atoms with Crippen LogP contribution in [-0.4, -0.2) is 25.1 Å². The van der Waals surface area contributed by atoms with Crippen molar-refractivity contribution in [3.8, 4) is 11.9 Å². The molecule has 2 heterocycles. The zero-order chi connectivity index (χ0) is 11.5. The number of pyridine rings is 1. The standard InChI is InChI=1S/C10H9N5O/c1-7-2-10(12-4-8(7)3-11)15-5-9(6-16)13-14-15/h2,4-5,16H,6H2,1H3. The van der Waals surface area contributed by atoms with Gasteiger partial charge < -0.3 is 5.11 Å². The summed E-state index contributed by atoms with van der Waals surface area (Å²) in [5.41, 5.74) is 1.84. The summed E-state index contributed by atoms with van der Waals surface area (Å²) >= 11 is 0. The molecule has 0 spiro atoms. The third-order valence-corrected chi connectivity index (χ3v) is 2.15. The first-order valence-electron chi connectivity index (χ1n) is 4.64. The lowest BCUT2D eigenvalue weighted by molar-refractivity contribution is 0.276. The zero-order valence-electron chi connectivity index (χ0n) is 8.62. The molecule has 0 amide bonds. The molecule has 0 saturated heterocycles. The number of hydrogen-bond donors (Lipinski definition) is 1. The van der Waals surface area contributed by atoms with Crippen LogP contribution in [0.15, 0.2) is 18.5 Å². The van der Waals surface area contributed by atoms with E-state index in [4.69, 9.17) is 10.4 Å². The average Bonchev–Trinajstić information content (AvgIpc) is 2.77. The summed E-state index contributed by atoms with van der Waals surface area (Å²) in [6, 6.07) is 3.79. The van der Waals surface area contributed by atoms with Crippen LogP contribution < -0.4 is 0 Å². The Labute approximate surface area is 91.8 Å². The fraction of sp³-hybridized carbons (Fsp3) is 0.200. The first kappa shape index (κ1) is 10.3. The maximum atomic E-state index is 8.86. The Morgan fingerprint density at radius 1 is 1.56 bits per heavy atom. The van der Waals surface area contributed by atoms with E-state index in [1.807, 2.05) is 13.0 Å². The van der Waals surface area contributed by atoms with Gasteiger partial charge in [0.05, 0.1) is 18.4 Å². The summed E-state index contributed by atoms with van der Waals surface area (Å²) in [6.07, 6.45) is 3.08. The zero-order valence-corrected chi connectivity index (χ0v) is 8.62. The number of hydrogen-bond acceptors (Lipinski definition) is 5. The molecule has 2 rings (SSSR count). The number of aliphatic hydroxyl groups is 1. The molecule has 2 aromatic heterocycles. The SMILES string of the molecule is Cc1cc(-n2cc(CO)nn2)ncc1C#N. The second kappa shape index (κ2) is 4.08. The van der Waals surface area contributed by atoms with Gasteiger partial charge in [-0.1, -0.05) is 5.21 Å². The van der Waals surface area contributed by atoms with Crippen molar-refractivity contribution in [2.45, 2.75) is 13.5 Å². The van der Waals surface area contributed by atoms with Crippen molar-refractivity contribution < 1.29 is 5.11 Å². The summed E-state index contributed by atoms with van der Waals surface area (Å²) in [4.78, 5) is 4.08. The van der Waals surface area contributed by atoms with Crippen LogP contribution in [0.5, 0.6) is 0 Å². The Morgan fingerprint density at radius 3 is 2.94 bits per heavy atom. The lowest BCUT2D eigenvalue weighted by Gasteiger charge is -2.01. The van der Waals surface area contributed by atoms with Crippen LogP contribution >= 0.6 is 0 Å². The van der Waals surface area contributed by atoms with Gasteiger partial charge in [0.15, 0.2) is 5.82 Å². The minimum absolute atomic E-state index is 0.157. The number of nitrogens with zero attached hydrogens (tertiary/aromatic N) is 5. The largest absolute Gasteiger partial charge is 0.390 e. The minimum Gasteiger partial charge on any atom is -0.390 e. The van der Waals surface area contributed by atoms with Crippen molar-refractivity contribution >= 4 is 0 Å². The molecule has 0 radical (unpaired) electrons. The summed E-state index contributed by atoms with van der Waals surface area (Å²) in [7, 11) is 0. The van der Waals surface area contributed by atoms with Gasteiger partial charge in [0, 0.05) is 6.20 Å². The van der Waals surface area contributed by atoms with Gasteiger partial charge in [-0.3, -0.25) is 0 Å². The molecule has 0 aromatic carbocycles. The summed E-state index contributed by atoms with van der Waals surface area (Å²) in [6.45, 7) is 1.67. The highest BCUT2D eigenvalue weighted by molar-refractivity contribution is 5.39. The second-order valence-electron chi connectivity index (χ2n) is 3.28. The van der Waals surface area contributed by atoms with Gasteiger partial charge in [0.1, 0.15) is 11.8 Å². The van der Waals surface area contributed by atoms with Gasteiger partial charge in [-0.2, -0.15) is 5.26 Å². The number of nitriles is 1. The molecule has 0 bridgehead atoms. The predicted molar refractivity (Wildman–Crippen MR) is 54.5 cm³/mol. The maximum absolute atomic E-state index is 8.86. The number of rotatable bonds is 2. The Kier molecular flexibility index (Phi) is 2.62. The average molecular weight is 215 g/mol. The summed E-state index contributed by atoms with van der Waals surface area (Å²) in [5, 5.41) is 25.2. The molecular weight excluding hydrogens is 206 g/mol. The van der Waals surface area contributed by atoms with Gasteiger partial charge in [-0.15, -0.1) is 5.10 Å². The lowest BCUT2D eigenvalue weighted by Crippen LogP contribution is -1.99. The first-order valence-corrected chi connectivity index (χ1v) is 4.64. The molecule has 6 heteroatoms. The van der Waals surface area contributed by atoms with Crippen LogP contribution in [0.2, 0.25) is 0 Å². The summed E-state index contributed by atoms with van der Waals surface area (Å²) in [5.74, 6) is 0.573. The molecule has 1 N–H and O–H groups in total. The van der Waals surface area contributed by atoms with Gasteiger partial charge in [-0.25, -0.2) is 9.67 Å². The van der Waals surface area contributed by atoms with E-state index in [0.29, 0.717) is 17.1 Å². The molecule has 0 atom stereocenters. The monoisotopic (exact) mass is 215 g/mol. The molecule has 16 heavy (non-hydrogen) atoms. The van der Waals surface area contributed by atoms with Gasteiger partial charge in [-0.05, 0) is 18.6 Å². The second-order valence-corrected chi connectivity index (χ2v) is 3.28. The molecule has 6 nitrogen and oxygen atoms in total. The van der Waals surface area contributed by atoms with E-state index in [-0.39, 0.29) is 6.61 Å². The third kappa shape index (κ3) is 1.76. The highest BCUT2D eigenvalue weighted by Crippen LogP contribution is 2.10. The topological polar surface area (TPSA) is 87.6 Å². The number of aliphatic hydroxyl groups excluding tert-OH is 1. The highest BCUT2D eigenvalue weighted by atomic mass is 16.3. The molecular formula is C10H9N5O. The van der Waals surface area contributed by atoms with Crippen LogP contribution in [0.25, 0.3) is 5.82 Å². The van der Waals surface area contributed by atoms with Crippen LogP contribution in [0, 0.1) is 18.3 Å². The van der Waals surface area contributed by atoms with E-state index in [0.717, 1.165) is 5.56 Å². The van der Waals surface area contributed by atoms with Gasteiger partial charge in [0.25, 0.3) is 0 Å². The van der Waals surface area contributed by atoms with Gasteiger partial charge >= 0.3 is 0 Å². The van der Waals surface area contributed by atoms with Crippen molar-refractivity contribution in [2.75, 3.05) is 0 Å². The maximum Gasteiger partial charge on any atom is 0.155 e. The Bertz CT molecular complexity index is 555. The lowest BCUT2D eigenvalue weighted by atomic mass is 10.2. The Hall–Kier alpha value is -2.26. The normalized spacial score (nSPS) is 10.1. The summed E-state index contributed by atoms with van der Waals surface area (Å²) < 4.78 is 1.46. The van der Waals surface area contributed by atoms with Gasteiger partial charge in [0.2, 0.25) is 0 Å². The smallest absolute Gasteiger partial charge is 0.155 e. The quantitative estimate of drug-likeness (QED) is 0.780. The molecule has 2 aromatic rings. The van der Waals surface area contributed by atoms with E-state index < -0.39 is 0 Å². The molecule has 80 valence electrons. The van der Waals surface area contributed by atoms with E-state index in [9.17, 15) is 0 Å². The molecule has 0 saturated carbocycles. The molecule has 0 unspecified atom stereocenters. The number of aryl methyl sites for hydroxylation is 1. The number of aromatic nitrogens is 4. The van der Waals surface area contributed by atoms with E-state index >= 15 is 0 Å². The van der Waals surface area contributed by atoms with Crippen molar-refractivity contribution in [2.24, 2.45) is 0 Å². The van der Waals surface area contributed by atoms with Crippen molar-refractivity contribution in [1.82, 2.24) is 20.0 Å². The van der Waals surface area contributed by atoms with Crippen molar-refractivity contribution in [3.05, 3.63) is 35.3 Å². The minimum atomic E-state index is -0.157. The van der Waals surface area contributed by atoms with Crippen molar-refractivity contribution in [3.63, 3.8) is 0 Å². The first-order chi connectivity index (χ1) is 7.74. The third-order valence-electron chi connectivity index (χ3n) is 2.15. The predicted octanol–water partition coefficient (Wildman–Crippen LogP) is 0.335. The van der Waals surface area contributed by atoms with Crippen LogP contribution in [0.4, 0.5) is 0 Å². The van der Waals surface area contributed by atoms with Crippen molar-refractivity contribution in [1.29, 1.82) is 5.26 Å².